The number of para-hydroxylation sites is 1. The van der Waals surface area contributed by atoms with Gasteiger partial charge in [0.15, 0.2) is 0 Å². The molecular weight excluding hydrogens is 461 g/mol. The van der Waals surface area contributed by atoms with Crippen LogP contribution in [-0.4, -0.2) is 29.6 Å². The van der Waals surface area contributed by atoms with Crippen LogP contribution in [0, 0.1) is 19.7 Å². The van der Waals surface area contributed by atoms with Gasteiger partial charge in [0.05, 0.1) is 6.42 Å². The summed E-state index contributed by atoms with van der Waals surface area (Å²) in [6.07, 6.45) is 1.94. The maximum Gasteiger partial charge on any atom is 0.265 e. The second-order valence-corrected chi connectivity index (χ2v) is 8.68. The molecule has 1 unspecified atom stereocenters. The Morgan fingerprint density at radius 2 is 1.64 bits per heavy atom. The summed E-state index contributed by atoms with van der Waals surface area (Å²) in [5.41, 5.74) is 4.07. The molecule has 0 saturated heterocycles. The number of ether oxygens (including phenoxy) is 1. The minimum Gasteiger partial charge on any atom is -0.457 e. The molecule has 7 nitrogen and oxygen atoms in total. The van der Waals surface area contributed by atoms with Crippen molar-refractivity contribution >= 4 is 17.5 Å². The lowest BCUT2D eigenvalue weighted by molar-refractivity contribution is -0.130. The molecule has 8 heteroatoms. The second-order valence-electron chi connectivity index (χ2n) is 8.68. The van der Waals surface area contributed by atoms with E-state index in [-0.39, 0.29) is 18.1 Å². The summed E-state index contributed by atoms with van der Waals surface area (Å²) < 4.78 is 19.7. The summed E-state index contributed by atoms with van der Waals surface area (Å²) in [6.45, 7) is 3.77. The van der Waals surface area contributed by atoms with E-state index in [1.165, 1.54) is 0 Å². The molecule has 0 aliphatic carbocycles. The van der Waals surface area contributed by atoms with E-state index < -0.39 is 11.9 Å². The van der Waals surface area contributed by atoms with Gasteiger partial charge in [-0.1, -0.05) is 30.3 Å². The van der Waals surface area contributed by atoms with E-state index in [4.69, 9.17) is 9.94 Å². The van der Waals surface area contributed by atoms with E-state index in [1.54, 1.807) is 31.5 Å². The van der Waals surface area contributed by atoms with E-state index in [0.29, 0.717) is 48.4 Å². The molecule has 0 aliphatic rings. The van der Waals surface area contributed by atoms with E-state index in [1.807, 2.05) is 54.6 Å². The largest absolute Gasteiger partial charge is 0.457 e. The third-order valence-corrected chi connectivity index (χ3v) is 5.69. The number of carbonyl (C=O) groups is 2. The summed E-state index contributed by atoms with van der Waals surface area (Å²) in [5.74, 6) is 0.434. The van der Waals surface area contributed by atoms with Crippen LogP contribution >= 0.6 is 0 Å². The summed E-state index contributed by atoms with van der Waals surface area (Å²) in [5, 5.41) is 15.0. The standard InChI is InChI=1S/C28H32FN3O4/c1-19-15-22(16-20(2)27(19)29)31-25(28(34)32-35)13-6-7-14-30-26(33)18-21-9-8-12-24(17-21)36-23-10-4-3-5-11-23/h3-5,8-12,15-17,25,31,35H,6-7,13-14,18H2,1-2H3,(H,30,33)(H,32,34). The molecule has 0 saturated carbocycles. The van der Waals surface area contributed by atoms with Gasteiger partial charge in [-0.2, -0.15) is 0 Å². The van der Waals surface area contributed by atoms with Gasteiger partial charge in [-0.05, 0) is 86.2 Å². The normalized spacial score (nSPS) is 11.4. The maximum absolute atomic E-state index is 13.9. The van der Waals surface area contributed by atoms with Crippen LogP contribution in [0.5, 0.6) is 11.5 Å². The predicted octanol–water partition coefficient (Wildman–Crippen LogP) is 5.05. The molecule has 190 valence electrons. The number of benzene rings is 3. The molecule has 1 atom stereocenters. The number of rotatable bonds is 12. The van der Waals surface area contributed by atoms with Crippen LogP contribution in [0.15, 0.2) is 66.7 Å². The predicted molar refractivity (Wildman–Crippen MR) is 137 cm³/mol. The van der Waals surface area contributed by atoms with Crippen molar-refractivity contribution in [2.75, 3.05) is 11.9 Å². The van der Waals surface area contributed by atoms with Crippen molar-refractivity contribution in [3.05, 3.63) is 89.2 Å². The SMILES string of the molecule is Cc1cc(NC(CCCCNC(=O)Cc2cccc(Oc3ccccc3)c2)C(=O)NO)cc(C)c1F. The van der Waals surface area contributed by atoms with Crippen LogP contribution in [0.1, 0.15) is 36.0 Å². The number of hydrogen-bond acceptors (Lipinski definition) is 5. The van der Waals surface area contributed by atoms with Crippen LogP contribution in [0.25, 0.3) is 0 Å². The minimum atomic E-state index is -0.692. The smallest absolute Gasteiger partial charge is 0.265 e. The Balaban J connectivity index is 1.43. The quantitative estimate of drug-likeness (QED) is 0.161. The van der Waals surface area contributed by atoms with Gasteiger partial charge in [0.25, 0.3) is 5.91 Å². The van der Waals surface area contributed by atoms with Crippen LogP contribution in [0.2, 0.25) is 0 Å². The summed E-state index contributed by atoms with van der Waals surface area (Å²) >= 11 is 0. The van der Waals surface area contributed by atoms with Crippen molar-refractivity contribution in [2.24, 2.45) is 0 Å². The molecule has 0 aromatic heterocycles. The minimum absolute atomic E-state index is 0.105. The first-order valence-corrected chi connectivity index (χ1v) is 11.9. The highest BCUT2D eigenvalue weighted by Crippen LogP contribution is 2.22. The van der Waals surface area contributed by atoms with E-state index in [2.05, 4.69) is 10.6 Å². The van der Waals surface area contributed by atoms with Crippen LogP contribution in [0.3, 0.4) is 0 Å². The fourth-order valence-electron chi connectivity index (χ4n) is 3.87. The molecule has 0 bridgehead atoms. The van der Waals surface area contributed by atoms with Gasteiger partial charge < -0.3 is 15.4 Å². The molecule has 0 aliphatic heterocycles. The monoisotopic (exact) mass is 493 g/mol. The zero-order valence-corrected chi connectivity index (χ0v) is 20.5. The number of carbonyl (C=O) groups excluding carboxylic acids is 2. The fourth-order valence-corrected chi connectivity index (χ4v) is 3.87. The molecule has 4 N–H and O–H groups in total. The summed E-state index contributed by atoms with van der Waals surface area (Å²) in [6, 6.07) is 19.4. The molecule has 3 aromatic carbocycles. The maximum atomic E-state index is 13.9. The number of hydroxylamine groups is 1. The molecule has 0 fully saturated rings. The number of hydrogen-bond donors (Lipinski definition) is 4. The molecule has 0 radical (unpaired) electrons. The van der Waals surface area contributed by atoms with Gasteiger partial charge in [0.2, 0.25) is 5.91 Å². The zero-order chi connectivity index (χ0) is 25.9. The van der Waals surface area contributed by atoms with Gasteiger partial charge in [-0.3, -0.25) is 14.8 Å². The molecule has 36 heavy (non-hydrogen) atoms. The molecule has 0 heterocycles. The molecular formula is C28H32FN3O4. The van der Waals surface area contributed by atoms with Gasteiger partial charge in [0.1, 0.15) is 23.4 Å². The average Bonchev–Trinajstić information content (AvgIpc) is 2.86. The van der Waals surface area contributed by atoms with Crippen LogP contribution in [-0.2, 0) is 16.0 Å². The Hall–Kier alpha value is -3.91. The van der Waals surface area contributed by atoms with Crippen molar-refractivity contribution in [2.45, 2.75) is 45.6 Å². The van der Waals surface area contributed by atoms with E-state index >= 15 is 0 Å². The molecule has 3 rings (SSSR count). The number of amides is 2. The first-order valence-electron chi connectivity index (χ1n) is 11.9. The Bertz CT molecular complexity index is 1150. The highest BCUT2D eigenvalue weighted by molar-refractivity contribution is 5.83. The number of unbranched alkanes of at least 4 members (excludes halogenated alkanes) is 1. The van der Waals surface area contributed by atoms with Crippen molar-refractivity contribution in [3.63, 3.8) is 0 Å². The van der Waals surface area contributed by atoms with Gasteiger partial charge in [0, 0.05) is 12.2 Å². The number of aryl methyl sites for hydroxylation is 2. The average molecular weight is 494 g/mol. The van der Waals surface area contributed by atoms with E-state index in [0.717, 1.165) is 11.3 Å². The first kappa shape index (κ1) is 26.7. The summed E-state index contributed by atoms with van der Waals surface area (Å²) in [4.78, 5) is 24.5. The van der Waals surface area contributed by atoms with Gasteiger partial charge in [-0.25, -0.2) is 9.87 Å². The summed E-state index contributed by atoms with van der Waals surface area (Å²) in [7, 11) is 0. The third kappa shape index (κ3) is 8.09. The van der Waals surface area contributed by atoms with Crippen LogP contribution in [0.4, 0.5) is 10.1 Å². The molecule has 2 amide bonds. The Labute approximate surface area is 210 Å². The Morgan fingerprint density at radius 3 is 2.33 bits per heavy atom. The van der Waals surface area contributed by atoms with E-state index in [9.17, 15) is 14.0 Å². The fraction of sp³-hybridized carbons (Fsp3) is 0.286. The number of nitrogens with one attached hydrogen (secondary N) is 3. The highest BCUT2D eigenvalue weighted by Gasteiger charge is 2.18. The van der Waals surface area contributed by atoms with Crippen molar-refractivity contribution in [1.29, 1.82) is 0 Å². The van der Waals surface area contributed by atoms with Crippen molar-refractivity contribution in [1.82, 2.24) is 10.8 Å². The molecule has 3 aromatic rings. The van der Waals surface area contributed by atoms with Crippen molar-refractivity contribution in [3.8, 4) is 11.5 Å². The third-order valence-electron chi connectivity index (χ3n) is 5.69. The van der Waals surface area contributed by atoms with Crippen LogP contribution < -0.4 is 20.9 Å². The van der Waals surface area contributed by atoms with Crippen molar-refractivity contribution < 1.29 is 23.9 Å². The zero-order valence-electron chi connectivity index (χ0n) is 20.5. The Kier molecular flexibility index (Phi) is 9.82. The van der Waals surface area contributed by atoms with Gasteiger partial charge >= 0.3 is 0 Å². The van der Waals surface area contributed by atoms with Gasteiger partial charge in [-0.15, -0.1) is 0 Å². The Morgan fingerprint density at radius 1 is 0.944 bits per heavy atom. The number of anilines is 1. The number of halogens is 1. The lowest BCUT2D eigenvalue weighted by Crippen LogP contribution is -2.38. The lowest BCUT2D eigenvalue weighted by atomic mass is 10.1. The topological polar surface area (TPSA) is 99.7 Å². The lowest BCUT2D eigenvalue weighted by Gasteiger charge is -2.19. The molecule has 0 spiro atoms. The second kappa shape index (κ2) is 13.3. The highest BCUT2D eigenvalue weighted by atomic mass is 19.1. The first-order chi connectivity index (χ1) is 17.4.